The fraction of sp³-hybridized carbons (Fsp3) is 0.405. The predicted molar refractivity (Wildman–Crippen MR) is 361 cm³/mol. The third-order valence-corrected chi connectivity index (χ3v) is 20.0. The van der Waals surface area contributed by atoms with Crippen molar-refractivity contribution in [3.8, 4) is 11.8 Å². The van der Waals surface area contributed by atoms with E-state index >= 15 is 0 Å². The topological polar surface area (TPSA) is 119 Å². The molecule has 0 spiro atoms. The molecule has 460 valence electrons. The molecule has 0 radical (unpaired) electrons. The maximum Gasteiger partial charge on any atom is 0.227 e. The highest BCUT2D eigenvalue weighted by Gasteiger charge is 2.67. The minimum Gasteiger partial charge on any atom is -0.364 e. The first-order chi connectivity index (χ1) is 43.5. The normalized spacial score (nSPS) is 19.1. The molecule has 4 amide bonds. The highest BCUT2D eigenvalue weighted by atomic mass is 16.2. The molecular formula is C79H89N5O5. The summed E-state index contributed by atoms with van der Waals surface area (Å²) in [6, 6.07) is 49.9. The van der Waals surface area contributed by atoms with Crippen LogP contribution in [0.2, 0.25) is 0 Å². The second-order valence-corrected chi connectivity index (χ2v) is 25.9. The lowest BCUT2D eigenvalue weighted by molar-refractivity contribution is -0.199. The SMILES string of the molecule is C/C1=C/c2ccccc2N(C(=O)CCCCC(=O)C23CC(C2)C3CCCC(CCCNC(=O)CCCCC(=O)N2Cc3ccccc3C#Cc3ccccc32)CCNC(=O)CCCCC(C)N2Cc3ccccc3/C=C\c3ccccc32)Cc2ccccc21. The van der Waals surface area contributed by atoms with Crippen LogP contribution in [-0.4, -0.2) is 48.5 Å². The Labute approximate surface area is 528 Å². The van der Waals surface area contributed by atoms with Crippen molar-refractivity contribution >= 4 is 70.3 Å². The Hall–Kier alpha value is -8.29. The van der Waals surface area contributed by atoms with Crippen LogP contribution in [0.4, 0.5) is 17.1 Å². The molecule has 3 atom stereocenters. The molecular weight excluding hydrogens is 1100 g/mol. The van der Waals surface area contributed by atoms with E-state index in [-0.39, 0.29) is 29.0 Å². The fourth-order valence-electron chi connectivity index (χ4n) is 14.8. The number of unbranched alkanes of at least 4 members (excludes halogenated alkanes) is 3. The highest BCUT2D eigenvalue weighted by molar-refractivity contribution is 5.99. The van der Waals surface area contributed by atoms with E-state index in [9.17, 15) is 24.0 Å². The van der Waals surface area contributed by atoms with E-state index in [1.165, 1.54) is 33.5 Å². The lowest BCUT2D eigenvalue weighted by Gasteiger charge is -2.68. The Morgan fingerprint density at radius 2 is 1.06 bits per heavy atom. The summed E-state index contributed by atoms with van der Waals surface area (Å²) in [6.45, 7) is 7.47. The summed E-state index contributed by atoms with van der Waals surface area (Å²) in [6.07, 6.45) is 22.0. The van der Waals surface area contributed by atoms with Crippen molar-refractivity contribution in [2.75, 3.05) is 27.8 Å². The van der Waals surface area contributed by atoms with Crippen LogP contribution >= 0.6 is 0 Å². The highest BCUT2D eigenvalue weighted by Crippen LogP contribution is 2.71. The first-order valence-corrected chi connectivity index (χ1v) is 33.3. The van der Waals surface area contributed by atoms with Crippen LogP contribution in [-0.2, 0) is 43.6 Å². The lowest BCUT2D eigenvalue weighted by Crippen LogP contribution is -2.65. The van der Waals surface area contributed by atoms with Gasteiger partial charge in [-0.2, -0.15) is 0 Å². The molecule has 0 aromatic heterocycles. The van der Waals surface area contributed by atoms with Gasteiger partial charge in [0, 0.05) is 80.0 Å². The molecule has 3 heterocycles. The van der Waals surface area contributed by atoms with Crippen molar-refractivity contribution < 1.29 is 24.0 Å². The number of amides is 4. The van der Waals surface area contributed by atoms with Crippen LogP contribution in [0.25, 0.3) is 23.8 Å². The smallest absolute Gasteiger partial charge is 0.227 e. The zero-order chi connectivity index (χ0) is 61.5. The number of nitrogens with zero attached hydrogens (tertiary/aromatic N) is 3. The first-order valence-electron chi connectivity index (χ1n) is 33.3. The molecule has 6 aliphatic rings. The number of carbonyl (C=O) groups is 5. The Bertz CT molecular complexity index is 3640. The van der Waals surface area contributed by atoms with Crippen molar-refractivity contribution in [1.82, 2.24) is 10.6 Å². The van der Waals surface area contributed by atoms with Gasteiger partial charge in [-0.1, -0.05) is 159 Å². The van der Waals surface area contributed by atoms with E-state index in [4.69, 9.17) is 0 Å². The van der Waals surface area contributed by atoms with E-state index in [0.29, 0.717) is 107 Å². The number of rotatable bonds is 28. The molecule has 0 saturated heterocycles. The molecule has 3 aliphatic heterocycles. The molecule has 10 nitrogen and oxygen atoms in total. The molecule has 2 bridgehead atoms. The number of ketones is 1. The van der Waals surface area contributed by atoms with Gasteiger partial charge in [0.25, 0.3) is 0 Å². The number of benzene rings is 6. The number of fused-ring (bicyclic) bond motifs is 6. The molecule has 3 saturated carbocycles. The molecule has 3 unspecified atom stereocenters. The van der Waals surface area contributed by atoms with Crippen LogP contribution in [0.3, 0.4) is 0 Å². The van der Waals surface area contributed by atoms with Gasteiger partial charge in [0.05, 0.1) is 24.5 Å². The van der Waals surface area contributed by atoms with Crippen LogP contribution in [0.15, 0.2) is 146 Å². The average Bonchev–Trinajstić information content (AvgIpc) is 0.724. The number of allylic oxidation sites excluding steroid dienone is 1. The van der Waals surface area contributed by atoms with E-state index in [1.807, 2.05) is 82.6 Å². The number of hydrogen-bond donors (Lipinski definition) is 2. The summed E-state index contributed by atoms with van der Waals surface area (Å²) in [5, 5.41) is 6.45. The number of Topliss-reactive ketones (excluding diaryl/α,β-unsaturated/α-hetero) is 1. The van der Waals surface area contributed by atoms with Gasteiger partial charge in [-0.3, -0.25) is 24.0 Å². The summed E-state index contributed by atoms with van der Waals surface area (Å²) in [5.74, 6) is 8.63. The molecule has 10 heteroatoms. The number of para-hydroxylation sites is 3. The Balaban J connectivity index is 0.632. The third-order valence-electron chi connectivity index (χ3n) is 20.0. The summed E-state index contributed by atoms with van der Waals surface area (Å²) < 4.78 is 0. The Morgan fingerprint density at radius 1 is 0.506 bits per heavy atom. The minimum absolute atomic E-state index is 0.00820. The molecule has 12 rings (SSSR count). The second kappa shape index (κ2) is 29.8. The van der Waals surface area contributed by atoms with E-state index in [0.717, 1.165) is 123 Å². The summed E-state index contributed by atoms with van der Waals surface area (Å²) in [7, 11) is 0. The Morgan fingerprint density at radius 3 is 1.81 bits per heavy atom. The van der Waals surface area contributed by atoms with Crippen molar-refractivity contribution in [3.05, 3.63) is 196 Å². The number of hydrogen-bond acceptors (Lipinski definition) is 6. The van der Waals surface area contributed by atoms with E-state index < -0.39 is 0 Å². The molecule has 89 heavy (non-hydrogen) atoms. The molecule has 6 aromatic carbocycles. The molecule has 2 N–H and O–H groups in total. The van der Waals surface area contributed by atoms with Crippen molar-refractivity contribution in [3.63, 3.8) is 0 Å². The Kier molecular flexibility index (Phi) is 20.9. The van der Waals surface area contributed by atoms with Gasteiger partial charge < -0.3 is 25.3 Å². The minimum atomic E-state index is -0.192. The molecule has 3 fully saturated rings. The van der Waals surface area contributed by atoms with Crippen LogP contribution in [0.5, 0.6) is 0 Å². The maximum absolute atomic E-state index is 14.1. The van der Waals surface area contributed by atoms with Crippen LogP contribution in [0.1, 0.15) is 192 Å². The zero-order valence-electron chi connectivity index (χ0n) is 52.5. The second-order valence-electron chi connectivity index (χ2n) is 25.9. The quantitative estimate of drug-likeness (QED) is 0.0373. The molecule has 6 aromatic rings. The number of anilines is 3. The van der Waals surface area contributed by atoms with Gasteiger partial charge in [0.2, 0.25) is 23.6 Å². The van der Waals surface area contributed by atoms with Gasteiger partial charge in [0.1, 0.15) is 5.78 Å². The summed E-state index contributed by atoms with van der Waals surface area (Å²) >= 11 is 0. The largest absolute Gasteiger partial charge is 0.364 e. The van der Waals surface area contributed by atoms with Gasteiger partial charge in [-0.15, -0.1) is 0 Å². The standard InChI is InChI=1S/C79H89N5O5/c1-57-51-64-30-11-15-38-73(64)84(56-67-33-8-12-34-69(57)67)78(89)42-19-16-39-74(85)79-52-68(53-79)70(79)35-21-24-59(48-50-81-76(87)40-17-3-23-58(2)82-54-65-31-6-4-26-60(65)44-46-62-28-9-13-36-71(62)82)25-22-49-80-75(86)41-18-20-43-77(88)83-55-66-32-7-5-27-61(66)45-47-63-29-10-14-37-72(63)83/h4-15,26-34,36-38,44,46,51,58-59,68,70H,3,16-25,35,39-43,48-50,52-56H2,1-2H3,(H,80,86)(H,81,87)/b46-44-,57-51-. The van der Waals surface area contributed by atoms with E-state index in [1.54, 1.807) is 0 Å². The number of nitrogens with one attached hydrogen (secondary N) is 2. The summed E-state index contributed by atoms with van der Waals surface area (Å²) in [5.41, 5.74) is 13.9. The van der Waals surface area contributed by atoms with Gasteiger partial charge in [-0.25, -0.2) is 0 Å². The number of carbonyl (C=O) groups excluding carboxylic acids is 5. The monoisotopic (exact) mass is 1190 g/mol. The van der Waals surface area contributed by atoms with Crippen LogP contribution in [0, 0.1) is 35.0 Å². The summed E-state index contributed by atoms with van der Waals surface area (Å²) in [4.78, 5) is 74.7. The maximum atomic E-state index is 14.1. The van der Waals surface area contributed by atoms with Crippen molar-refractivity contribution in [2.24, 2.45) is 23.2 Å². The first kappa shape index (κ1) is 62.3. The lowest BCUT2D eigenvalue weighted by atomic mass is 9.35. The average molecular weight is 1190 g/mol. The van der Waals surface area contributed by atoms with Crippen LogP contribution < -0.4 is 25.3 Å². The third kappa shape index (κ3) is 15.2. The molecule has 3 aliphatic carbocycles. The predicted octanol–water partition coefficient (Wildman–Crippen LogP) is 16.1. The van der Waals surface area contributed by atoms with E-state index in [2.05, 4.69) is 132 Å². The van der Waals surface area contributed by atoms with Crippen molar-refractivity contribution in [1.29, 1.82) is 0 Å². The zero-order valence-corrected chi connectivity index (χ0v) is 52.5. The van der Waals surface area contributed by atoms with Gasteiger partial charge in [0.15, 0.2) is 0 Å². The van der Waals surface area contributed by atoms with Gasteiger partial charge in [-0.05, 0) is 190 Å². The fourth-order valence-corrected chi connectivity index (χ4v) is 14.8. The van der Waals surface area contributed by atoms with Crippen molar-refractivity contribution in [2.45, 2.75) is 168 Å². The van der Waals surface area contributed by atoms with Gasteiger partial charge >= 0.3 is 0 Å².